The Morgan fingerprint density at radius 1 is 1.15 bits per heavy atom. The molecule has 0 aromatic heterocycles. The van der Waals surface area contributed by atoms with E-state index in [0.717, 1.165) is 10.6 Å². The SMILES string of the molecule is CCOc1ccc(N([C@@H](C)C(=O)Nc2c(Cl)cccc2Cl)S(C)(=O)=O)cc1. The lowest BCUT2D eigenvalue weighted by Crippen LogP contribution is -2.45. The maximum atomic E-state index is 12.7. The molecule has 1 atom stereocenters. The van der Waals surface area contributed by atoms with Gasteiger partial charge in [-0.25, -0.2) is 8.42 Å². The predicted octanol–water partition coefficient (Wildman–Crippen LogP) is 4.19. The third-order valence-corrected chi connectivity index (χ3v) is 5.57. The molecule has 2 aromatic rings. The van der Waals surface area contributed by atoms with E-state index in [9.17, 15) is 13.2 Å². The highest BCUT2D eigenvalue weighted by atomic mass is 35.5. The number of benzene rings is 2. The Bertz CT molecular complexity index is 897. The summed E-state index contributed by atoms with van der Waals surface area (Å²) >= 11 is 12.1. The Balaban J connectivity index is 2.32. The van der Waals surface area contributed by atoms with Crippen molar-refractivity contribution in [1.29, 1.82) is 0 Å². The normalized spacial score (nSPS) is 12.3. The van der Waals surface area contributed by atoms with Gasteiger partial charge in [0.15, 0.2) is 0 Å². The Hall–Kier alpha value is -1.96. The van der Waals surface area contributed by atoms with Crippen LogP contribution in [0.3, 0.4) is 0 Å². The van der Waals surface area contributed by atoms with Crippen molar-refractivity contribution in [3.8, 4) is 5.75 Å². The van der Waals surface area contributed by atoms with Gasteiger partial charge in [-0.05, 0) is 50.2 Å². The molecular weight excluding hydrogens is 411 g/mol. The topological polar surface area (TPSA) is 75.7 Å². The molecule has 0 fully saturated rings. The van der Waals surface area contributed by atoms with E-state index in [1.165, 1.54) is 6.92 Å². The number of anilines is 2. The van der Waals surface area contributed by atoms with E-state index < -0.39 is 22.0 Å². The van der Waals surface area contributed by atoms with Gasteiger partial charge >= 0.3 is 0 Å². The lowest BCUT2D eigenvalue weighted by atomic mass is 10.2. The average molecular weight is 431 g/mol. The molecule has 0 heterocycles. The summed E-state index contributed by atoms with van der Waals surface area (Å²) in [6.07, 6.45) is 1.04. The van der Waals surface area contributed by atoms with Gasteiger partial charge in [0.05, 0.1) is 34.3 Å². The van der Waals surface area contributed by atoms with Crippen LogP contribution in [0.25, 0.3) is 0 Å². The molecule has 2 rings (SSSR count). The minimum atomic E-state index is -3.73. The van der Waals surface area contributed by atoms with Crippen LogP contribution in [0, 0.1) is 0 Å². The molecule has 0 unspecified atom stereocenters. The number of carbonyl (C=O) groups excluding carboxylic acids is 1. The van der Waals surface area contributed by atoms with E-state index in [0.29, 0.717) is 18.0 Å². The highest BCUT2D eigenvalue weighted by Gasteiger charge is 2.29. The average Bonchev–Trinajstić information content (AvgIpc) is 2.59. The van der Waals surface area contributed by atoms with Crippen LogP contribution < -0.4 is 14.4 Å². The van der Waals surface area contributed by atoms with Crippen molar-refractivity contribution < 1.29 is 17.9 Å². The lowest BCUT2D eigenvalue weighted by molar-refractivity contribution is -0.116. The number of carbonyl (C=O) groups is 1. The Kier molecular flexibility index (Phi) is 6.97. The van der Waals surface area contributed by atoms with Crippen molar-refractivity contribution in [2.45, 2.75) is 19.9 Å². The van der Waals surface area contributed by atoms with Crippen LogP contribution >= 0.6 is 23.2 Å². The molecular formula is C18H20Cl2N2O4S. The molecule has 0 aliphatic heterocycles. The number of ether oxygens (including phenoxy) is 1. The van der Waals surface area contributed by atoms with Crippen molar-refractivity contribution >= 4 is 50.5 Å². The van der Waals surface area contributed by atoms with Crippen LogP contribution in [0.2, 0.25) is 10.0 Å². The number of halogens is 2. The van der Waals surface area contributed by atoms with Crippen LogP contribution in [0.5, 0.6) is 5.75 Å². The van der Waals surface area contributed by atoms with Gasteiger partial charge in [0, 0.05) is 0 Å². The minimum absolute atomic E-state index is 0.234. The minimum Gasteiger partial charge on any atom is -0.494 e. The molecule has 0 bridgehead atoms. The van der Waals surface area contributed by atoms with Gasteiger partial charge in [-0.2, -0.15) is 0 Å². The third-order valence-electron chi connectivity index (χ3n) is 3.70. The van der Waals surface area contributed by atoms with Crippen LogP contribution in [-0.2, 0) is 14.8 Å². The van der Waals surface area contributed by atoms with Gasteiger partial charge in [-0.1, -0.05) is 29.3 Å². The maximum absolute atomic E-state index is 12.7. The second-order valence-electron chi connectivity index (χ2n) is 5.75. The smallest absolute Gasteiger partial charge is 0.248 e. The fraction of sp³-hybridized carbons (Fsp3) is 0.278. The first-order valence-electron chi connectivity index (χ1n) is 8.12. The zero-order valence-electron chi connectivity index (χ0n) is 15.1. The molecule has 0 saturated heterocycles. The second-order valence-corrected chi connectivity index (χ2v) is 8.42. The number of sulfonamides is 1. The quantitative estimate of drug-likeness (QED) is 0.714. The molecule has 0 aliphatic carbocycles. The molecule has 1 amide bonds. The van der Waals surface area contributed by atoms with Gasteiger partial charge in [0.1, 0.15) is 11.8 Å². The lowest BCUT2D eigenvalue weighted by Gasteiger charge is -2.28. The first kappa shape index (κ1) is 21.3. The van der Waals surface area contributed by atoms with Crippen LogP contribution in [0.15, 0.2) is 42.5 Å². The van der Waals surface area contributed by atoms with Gasteiger partial charge < -0.3 is 10.1 Å². The molecule has 0 aliphatic rings. The van der Waals surface area contributed by atoms with Crippen molar-refractivity contribution in [1.82, 2.24) is 0 Å². The molecule has 146 valence electrons. The summed E-state index contributed by atoms with van der Waals surface area (Å²) in [6.45, 7) is 3.83. The Morgan fingerprint density at radius 3 is 2.19 bits per heavy atom. The van der Waals surface area contributed by atoms with E-state index in [1.807, 2.05) is 6.92 Å². The molecule has 27 heavy (non-hydrogen) atoms. The molecule has 9 heteroatoms. The number of para-hydroxylation sites is 1. The van der Waals surface area contributed by atoms with Crippen molar-refractivity contribution in [2.75, 3.05) is 22.5 Å². The standard InChI is InChI=1S/C18H20Cl2N2O4S/c1-4-26-14-10-8-13(9-11-14)22(27(3,24)25)12(2)18(23)21-17-15(19)6-5-7-16(17)20/h5-12H,4H2,1-3H3,(H,21,23)/t12-/m0/s1. The summed E-state index contributed by atoms with van der Waals surface area (Å²) in [4.78, 5) is 12.7. The molecule has 0 radical (unpaired) electrons. The maximum Gasteiger partial charge on any atom is 0.248 e. The van der Waals surface area contributed by atoms with E-state index in [4.69, 9.17) is 27.9 Å². The summed E-state index contributed by atoms with van der Waals surface area (Å²) in [5.74, 6) is 0.0407. The first-order chi connectivity index (χ1) is 12.6. The second kappa shape index (κ2) is 8.82. The molecule has 2 aromatic carbocycles. The van der Waals surface area contributed by atoms with E-state index in [1.54, 1.807) is 42.5 Å². The molecule has 6 nitrogen and oxygen atoms in total. The zero-order chi connectivity index (χ0) is 20.2. The summed E-state index contributed by atoms with van der Waals surface area (Å²) < 4.78 is 31.1. The number of nitrogens with zero attached hydrogens (tertiary/aromatic N) is 1. The highest BCUT2D eigenvalue weighted by molar-refractivity contribution is 7.92. The molecule has 0 spiro atoms. The van der Waals surface area contributed by atoms with E-state index in [-0.39, 0.29) is 15.7 Å². The van der Waals surface area contributed by atoms with Crippen LogP contribution in [0.4, 0.5) is 11.4 Å². The van der Waals surface area contributed by atoms with E-state index in [2.05, 4.69) is 5.32 Å². The van der Waals surface area contributed by atoms with E-state index >= 15 is 0 Å². The van der Waals surface area contributed by atoms with Crippen LogP contribution in [-0.4, -0.2) is 33.2 Å². The monoisotopic (exact) mass is 430 g/mol. The Labute approximate surface area is 169 Å². The molecule has 1 N–H and O–H groups in total. The van der Waals surface area contributed by atoms with Gasteiger partial charge in [-0.3, -0.25) is 9.10 Å². The summed E-state index contributed by atoms with van der Waals surface area (Å²) in [5.41, 5.74) is 0.576. The number of hydrogen-bond donors (Lipinski definition) is 1. The summed E-state index contributed by atoms with van der Waals surface area (Å²) in [7, 11) is -3.73. The van der Waals surface area contributed by atoms with Gasteiger partial charge in [0.25, 0.3) is 0 Å². The largest absolute Gasteiger partial charge is 0.494 e. The predicted molar refractivity (Wildman–Crippen MR) is 109 cm³/mol. The number of amides is 1. The fourth-order valence-electron chi connectivity index (χ4n) is 2.51. The highest BCUT2D eigenvalue weighted by Crippen LogP contribution is 2.31. The number of hydrogen-bond acceptors (Lipinski definition) is 4. The number of nitrogens with one attached hydrogen (secondary N) is 1. The van der Waals surface area contributed by atoms with Crippen molar-refractivity contribution in [2.24, 2.45) is 0 Å². The molecule has 0 saturated carbocycles. The summed E-state index contributed by atoms with van der Waals surface area (Å²) in [5, 5.41) is 3.12. The van der Waals surface area contributed by atoms with Crippen molar-refractivity contribution in [3.05, 3.63) is 52.5 Å². The number of rotatable bonds is 7. The first-order valence-corrected chi connectivity index (χ1v) is 10.7. The third kappa shape index (κ3) is 5.28. The van der Waals surface area contributed by atoms with Gasteiger partial charge in [0.2, 0.25) is 15.9 Å². The van der Waals surface area contributed by atoms with Crippen molar-refractivity contribution in [3.63, 3.8) is 0 Å². The zero-order valence-corrected chi connectivity index (χ0v) is 17.4. The fourth-order valence-corrected chi connectivity index (χ4v) is 4.18. The van der Waals surface area contributed by atoms with Crippen LogP contribution in [0.1, 0.15) is 13.8 Å². The van der Waals surface area contributed by atoms with Gasteiger partial charge in [-0.15, -0.1) is 0 Å². The Morgan fingerprint density at radius 2 is 1.70 bits per heavy atom. The summed E-state index contributed by atoms with van der Waals surface area (Å²) in [6, 6.07) is 10.2.